The molecule has 0 spiro atoms. The zero-order valence-electron chi connectivity index (χ0n) is 15.4. The first-order valence-corrected chi connectivity index (χ1v) is 9.76. The maximum Gasteiger partial charge on any atom is 0.273 e. The predicted molar refractivity (Wildman–Crippen MR) is 99.1 cm³/mol. The number of methoxy groups -OCH3 is 1. The zero-order valence-corrected chi connectivity index (χ0v) is 16.2. The summed E-state index contributed by atoms with van der Waals surface area (Å²) in [4.78, 5) is 14.0. The average Bonchev–Trinajstić information content (AvgIpc) is 2.49. The Morgan fingerprint density at radius 3 is 2.44 bits per heavy atom. The minimum Gasteiger partial charge on any atom is -0.495 e. The van der Waals surface area contributed by atoms with Gasteiger partial charge in [0.05, 0.1) is 19.1 Å². The first-order valence-electron chi connectivity index (χ1n) is 7.87. The van der Waals surface area contributed by atoms with Crippen molar-refractivity contribution >= 4 is 15.7 Å². The highest BCUT2D eigenvalue weighted by atomic mass is 32.2. The van der Waals surface area contributed by atoms with Crippen molar-refractivity contribution in [2.45, 2.75) is 12.8 Å². The molecule has 8 heteroatoms. The van der Waals surface area contributed by atoms with E-state index in [4.69, 9.17) is 4.74 Å². The Labute approximate surface area is 148 Å². The SMILES string of the molecule is COC1=CC(C)C(c2cc(N(C)C)c(=O)n(C)c2)C=C1NS(C)(=O)=O. The van der Waals surface area contributed by atoms with Gasteiger partial charge in [0.15, 0.2) is 0 Å². The van der Waals surface area contributed by atoms with Crippen molar-refractivity contribution in [2.24, 2.45) is 13.0 Å². The Kier molecular flexibility index (Phi) is 5.31. The number of hydrogen-bond acceptors (Lipinski definition) is 5. The van der Waals surface area contributed by atoms with E-state index in [1.165, 1.54) is 7.11 Å². The quantitative estimate of drug-likeness (QED) is 0.844. The van der Waals surface area contributed by atoms with E-state index in [9.17, 15) is 13.2 Å². The number of rotatable bonds is 5. The first-order chi connectivity index (χ1) is 11.5. The highest BCUT2D eigenvalue weighted by Gasteiger charge is 2.26. The minimum atomic E-state index is -3.43. The summed E-state index contributed by atoms with van der Waals surface area (Å²) in [5.41, 5.74) is 1.84. The van der Waals surface area contributed by atoms with Crippen LogP contribution < -0.4 is 15.2 Å². The number of sulfonamides is 1. The van der Waals surface area contributed by atoms with Crippen molar-refractivity contribution in [1.82, 2.24) is 9.29 Å². The molecule has 0 amide bonds. The Bertz CT molecular complexity index is 882. The van der Waals surface area contributed by atoms with Crippen molar-refractivity contribution in [1.29, 1.82) is 0 Å². The van der Waals surface area contributed by atoms with Gasteiger partial charge in [-0.15, -0.1) is 0 Å². The van der Waals surface area contributed by atoms with E-state index in [0.717, 1.165) is 11.8 Å². The Morgan fingerprint density at radius 1 is 1.28 bits per heavy atom. The molecule has 0 radical (unpaired) electrons. The molecule has 0 aliphatic heterocycles. The smallest absolute Gasteiger partial charge is 0.273 e. The highest BCUT2D eigenvalue weighted by Crippen LogP contribution is 2.35. The second-order valence-corrected chi connectivity index (χ2v) is 8.29. The highest BCUT2D eigenvalue weighted by molar-refractivity contribution is 7.88. The molecule has 1 N–H and O–H groups in total. The molecule has 2 atom stereocenters. The molecule has 1 aliphatic carbocycles. The molecule has 138 valence electrons. The molecule has 2 rings (SSSR count). The molecule has 0 saturated heterocycles. The third-order valence-corrected chi connectivity index (χ3v) is 4.75. The lowest BCUT2D eigenvalue weighted by molar-refractivity contribution is 0.289. The fraction of sp³-hybridized carbons (Fsp3) is 0.471. The van der Waals surface area contributed by atoms with Crippen LogP contribution >= 0.6 is 0 Å². The van der Waals surface area contributed by atoms with E-state index in [-0.39, 0.29) is 17.4 Å². The molecule has 1 heterocycles. The van der Waals surface area contributed by atoms with Crippen LogP contribution in [0.3, 0.4) is 0 Å². The molecule has 1 aliphatic rings. The average molecular weight is 367 g/mol. The summed E-state index contributed by atoms with van der Waals surface area (Å²) in [6, 6.07) is 1.85. The van der Waals surface area contributed by atoms with Crippen LogP contribution in [0.2, 0.25) is 0 Å². The normalized spacial score (nSPS) is 20.6. The van der Waals surface area contributed by atoms with E-state index in [1.807, 2.05) is 39.2 Å². The summed E-state index contributed by atoms with van der Waals surface area (Å²) in [6.45, 7) is 2.03. The van der Waals surface area contributed by atoms with Crippen LogP contribution in [0.25, 0.3) is 0 Å². The van der Waals surface area contributed by atoms with Gasteiger partial charge in [0.25, 0.3) is 5.56 Å². The summed E-state index contributed by atoms with van der Waals surface area (Å²) >= 11 is 0. The molecular weight excluding hydrogens is 342 g/mol. The van der Waals surface area contributed by atoms with E-state index < -0.39 is 10.0 Å². The molecule has 0 bridgehead atoms. The Balaban J connectivity index is 2.55. The lowest BCUT2D eigenvalue weighted by Gasteiger charge is -2.28. The molecule has 1 aromatic rings. The number of nitrogens with one attached hydrogen (secondary N) is 1. The molecule has 0 fully saturated rings. The number of anilines is 1. The zero-order chi connectivity index (χ0) is 18.9. The Hall–Kier alpha value is -2.22. The van der Waals surface area contributed by atoms with Crippen LogP contribution in [0.5, 0.6) is 0 Å². The summed E-state index contributed by atoms with van der Waals surface area (Å²) in [7, 11) is 3.43. The molecule has 1 aromatic heterocycles. The van der Waals surface area contributed by atoms with Gasteiger partial charge in [0.1, 0.15) is 11.4 Å². The van der Waals surface area contributed by atoms with Crippen LogP contribution in [0.1, 0.15) is 18.4 Å². The van der Waals surface area contributed by atoms with Gasteiger partial charge in [0, 0.05) is 33.3 Å². The lowest BCUT2D eigenvalue weighted by atomic mass is 9.83. The van der Waals surface area contributed by atoms with E-state index in [0.29, 0.717) is 17.1 Å². The largest absolute Gasteiger partial charge is 0.495 e. The number of aryl methyl sites for hydroxylation is 1. The summed E-state index contributed by atoms with van der Waals surface area (Å²) in [5, 5.41) is 0. The van der Waals surface area contributed by atoms with E-state index in [1.54, 1.807) is 22.7 Å². The maximum absolute atomic E-state index is 12.3. The number of nitrogens with zero attached hydrogens (tertiary/aromatic N) is 2. The van der Waals surface area contributed by atoms with Crippen LogP contribution in [0.4, 0.5) is 5.69 Å². The van der Waals surface area contributed by atoms with Crippen molar-refractivity contribution in [3.05, 3.63) is 51.8 Å². The Morgan fingerprint density at radius 2 is 1.92 bits per heavy atom. The van der Waals surface area contributed by atoms with Gasteiger partial charge in [-0.2, -0.15) is 0 Å². The predicted octanol–water partition coefficient (Wildman–Crippen LogP) is 1.15. The van der Waals surface area contributed by atoms with Gasteiger partial charge in [-0.05, 0) is 29.7 Å². The van der Waals surface area contributed by atoms with Gasteiger partial charge in [-0.3, -0.25) is 9.52 Å². The molecular formula is C17H25N3O4S. The van der Waals surface area contributed by atoms with Gasteiger partial charge in [-0.25, -0.2) is 8.42 Å². The molecule has 7 nitrogen and oxygen atoms in total. The number of pyridine rings is 1. The van der Waals surface area contributed by atoms with Gasteiger partial charge < -0.3 is 14.2 Å². The van der Waals surface area contributed by atoms with Crippen LogP contribution in [-0.2, 0) is 21.8 Å². The summed E-state index contributed by atoms with van der Waals surface area (Å²) in [6.07, 6.45) is 6.61. The van der Waals surface area contributed by atoms with Gasteiger partial charge >= 0.3 is 0 Å². The minimum absolute atomic E-state index is 0.0765. The first kappa shape index (κ1) is 19.1. The third-order valence-electron chi connectivity index (χ3n) is 4.16. The van der Waals surface area contributed by atoms with Crippen molar-refractivity contribution in [3.8, 4) is 0 Å². The van der Waals surface area contributed by atoms with Crippen molar-refractivity contribution < 1.29 is 13.2 Å². The van der Waals surface area contributed by atoms with E-state index >= 15 is 0 Å². The van der Waals surface area contributed by atoms with Crippen molar-refractivity contribution in [2.75, 3.05) is 32.4 Å². The number of hydrogen-bond donors (Lipinski definition) is 1. The fourth-order valence-corrected chi connectivity index (χ4v) is 3.50. The van der Waals surface area contributed by atoms with Gasteiger partial charge in [-0.1, -0.05) is 6.92 Å². The third kappa shape index (κ3) is 4.25. The second kappa shape index (κ2) is 6.95. The molecule has 25 heavy (non-hydrogen) atoms. The monoisotopic (exact) mass is 367 g/mol. The standard InChI is InChI=1S/C17H25N3O4S/c1-11-7-16(24-5)14(18-25(6,22)23)9-13(11)12-8-15(19(2)3)17(21)20(4)10-12/h7-11,13,18H,1-6H3. The second-order valence-electron chi connectivity index (χ2n) is 6.54. The van der Waals surface area contributed by atoms with Crippen molar-refractivity contribution in [3.63, 3.8) is 0 Å². The number of aromatic nitrogens is 1. The number of ether oxygens (including phenoxy) is 1. The van der Waals surface area contributed by atoms with E-state index in [2.05, 4.69) is 4.72 Å². The number of allylic oxidation sites excluding steroid dienone is 2. The molecule has 2 unspecified atom stereocenters. The van der Waals surface area contributed by atoms with Crippen LogP contribution in [-0.4, -0.2) is 40.4 Å². The van der Waals surface area contributed by atoms with Crippen LogP contribution in [0.15, 0.2) is 40.7 Å². The lowest BCUT2D eigenvalue weighted by Crippen LogP contribution is -2.28. The topological polar surface area (TPSA) is 80.6 Å². The summed E-state index contributed by atoms with van der Waals surface area (Å²) in [5.74, 6) is 0.480. The summed E-state index contributed by atoms with van der Waals surface area (Å²) < 4.78 is 32.6. The maximum atomic E-state index is 12.3. The molecule has 0 aromatic carbocycles. The van der Waals surface area contributed by atoms with Gasteiger partial charge in [0.2, 0.25) is 10.0 Å². The molecule has 0 saturated carbocycles. The fourth-order valence-electron chi connectivity index (χ4n) is 2.93. The van der Waals surface area contributed by atoms with Crippen LogP contribution in [0, 0.1) is 5.92 Å².